The van der Waals surface area contributed by atoms with Gasteiger partial charge in [-0.2, -0.15) is 5.10 Å². The van der Waals surface area contributed by atoms with Crippen molar-refractivity contribution >= 4 is 34.7 Å². The third-order valence-corrected chi connectivity index (χ3v) is 7.50. The van der Waals surface area contributed by atoms with Gasteiger partial charge < -0.3 is 13.7 Å². The standard InChI is InChI=1S/C24H23N5O3S2/c1-28-22(13-18-5-4-12-33-18)25-26-24(28)34-15-23(30)29-20(21-6-3-11-32-21)14-19(27-29)16-7-9-17(31-2)10-8-16/h3-12,20H,13-15H2,1-2H3. The second-order valence-electron chi connectivity index (χ2n) is 7.75. The van der Waals surface area contributed by atoms with Crippen LogP contribution in [0.25, 0.3) is 0 Å². The Labute approximate surface area is 205 Å². The van der Waals surface area contributed by atoms with Gasteiger partial charge in [0.05, 0.1) is 24.8 Å². The van der Waals surface area contributed by atoms with Crippen LogP contribution in [0.4, 0.5) is 0 Å². The van der Waals surface area contributed by atoms with Crippen molar-refractivity contribution < 1.29 is 13.9 Å². The molecule has 34 heavy (non-hydrogen) atoms. The Balaban J connectivity index is 1.31. The molecule has 1 aliphatic heterocycles. The zero-order chi connectivity index (χ0) is 23.5. The molecule has 174 valence electrons. The van der Waals surface area contributed by atoms with Crippen LogP contribution in [0.15, 0.2) is 74.8 Å². The predicted octanol–water partition coefficient (Wildman–Crippen LogP) is 4.54. The van der Waals surface area contributed by atoms with Crippen molar-refractivity contribution in [1.29, 1.82) is 0 Å². The number of furan rings is 1. The molecular weight excluding hydrogens is 470 g/mol. The van der Waals surface area contributed by atoms with Crippen molar-refractivity contribution in [3.63, 3.8) is 0 Å². The van der Waals surface area contributed by atoms with E-state index in [-0.39, 0.29) is 17.7 Å². The lowest BCUT2D eigenvalue weighted by atomic mass is 10.0. The Kier molecular flexibility index (Phi) is 6.50. The Morgan fingerprint density at radius 2 is 2.06 bits per heavy atom. The van der Waals surface area contributed by atoms with Crippen LogP contribution in [0.1, 0.15) is 34.5 Å². The van der Waals surface area contributed by atoms with E-state index < -0.39 is 0 Å². The van der Waals surface area contributed by atoms with Crippen molar-refractivity contribution in [2.24, 2.45) is 12.1 Å². The van der Waals surface area contributed by atoms with E-state index in [0.29, 0.717) is 17.3 Å². The fraction of sp³-hybridized carbons (Fsp3) is 0.250. The second kappa shape index (κ2) is 9.86. The lowest BCUT2D eigenvalue weighted by Gasteiger charge is -2.19. The Bertz CT molecular complexity index is 1280. The summed E-state index contributed by atoms with van der Waals surface area (Å²) in [7, 11) is 3.56. The number of rotatable bonds is 8. The topological polar surface area (TPSA) is 85.8 Å². The number of nitrogens with zero attached hydrogens (tertiary/aromatic N) is 5. The van der Waals surface area contributed by atoms with Gasteiger partial charge in [0.1, 0.15) is 23.4 Å². The van der Waals surface area contributed by atoms with Crippen molar-refractivity contribution in [3.8, 4) is 5.75 Å². The van der Waals surface area contributed by atoms with Crippen molar-refractivity contribution in [3.05, 3.63) is 82.2 Å². The molecule has 5 rings (SSSR count). The van der Waals surface area contributed by atoms with Gasteiger partial charge in [0, 0.05) is 24.8 Å². The molecule has 0 spiro atoms. The number of amides is 1. The number of carbonyl (C=O) groups is 1. The molecule has 0 aliphatic carbocycles. The normalized spacial score (nSPS) is 15.5. The van der Waals surface area contributed by atoms with Crippen LogP contribution in [-0.4, -0.2) is 44.3 Å². The Hall–Kier alpha value is -3.37. The van der Waals surface area contributed by atoms with Gasteiger partial charge in [-0.3, -0.25) is 4.79 Å². The maximum absolute atomic E-state index is 13.3. The van der Waals surface area contributed by atoms with Crippen molar-refractivity contribution in [1.82, 2.24) is 19.8 Å². The summed E-state index contributed by atoms with van der Waals surface area (Å²) in [4.78, 5) is 14.5. The van der Waals surface area contributed by atoms with E-state index in [0.717, 1.165) is 29.3 Å². The predicted molar refractivity (Wildman–Crippen MR) is 131 cm³/mol. The van der Waals surface area contributed by atoms with Crippen LogP contribution in [0.5, 0.6) is 5.75 Å². The van der Waals surface area contributed by atoms with Crippen molar-refractivity contribution in [2.75, 3.05) is 12.9 Å². The quantitative estimate of drug-likeness (QED) is 0.335. The number of carbonyl (C=O) groups excluding carboxylic acids is 1. The molecule has 4 aromatic rings. The summed E-state index contributed by atoms with van der Waals surface area (Å²) < 4.78 is 12.8. The van der Waals surface area contributed by atoms with E-state index in [4.69, 9.17) is 9.15 Å². The first kappa shape index (κ1) is 22.4. The summed E-state index contributed by atoms with van der Waals surface area (Å²) >= 11 is 3.05. The second-order valence-corrected chi connectivity index (χ2v) is 9.73. The Morgan fingerprint density at radius 3 is 2.76 bits per heavy atom. The number of hydrogen-bond acceptors (Lipinski definition) is 8. The average molecular weight is 494 g/mol. The number of thiophene rings is 1. The van der Waals surface area contributed by atoms with E-state index >= 15 is 0 Å². The van der Waals surface area contributed by atoms with Gasteiger partial charge >= 0.3 is 0 Å². The van der Waals surface area contributed by atoms with Gasteiger partial charge in [-0.05, 0) is 53.4 Å². The summed E-state index contributed by atoms with van der Waals surface area (Å²) in [6.45, 7) is 0. The lowest BCUT2D eigenvalue weighted by Crippen LogP contribution is -2.28. The maximum atomic E-state index is 13.3. The molecule has 4 heterocycles. The fourth-order valence-corrected chi connectivity index (χ4v) is 5.27. The van der Waals surface area contributed by atoms with E-state index in [1.807, 2.05) is 59.5 Å². The molecule has 0 saturated carbocycles. The molecule has 10 heteroatoms. The fourth-order valence-electron chi connectivity index (χ4n) is 3.79. The molecule has 1 atom stereocenters. The van der Waals surface area contributed by atoms with Crippen LogP contribution in [-0.2, 0) is 18.3 Å². The minimum Gasteiger partial charge on any atom is -0.497 e. The number of ether oxygens (including phenoxy) is 1. The van der Waals surface area contributed by atoms with Gasteiger partial charge in [-0.1, -0.05) is 17.8 Å². The van der Waals surface area contributed by atoms with Gasteiger partial charge in [-0.25, -0.2) is 5.01 Å². The highest BCUT2D eigenvalue weighted by atomic mass is 32.2. The summed E-state index contributed by atoms with van der Waals surface area (Å²) in [5.74, 6) is 2.44. The van der Waals surface area contributed by atoms with Crippen molar-refractivity contribution in [2.45, 2.75) is 24.0 Å². The highest BCUT2D eigenvalue weighted by Gasteiger charge is 2.35. The molecular formula is C24H23N5O3S2. The molecule has 0 fully saturated rings. The van der Waals surface area contributed by atoms with Gasteiger partial charge in [0.25, 0.3) is 5.91 Å². The molecule has 0 bridgehead atoms. The lowest BCUT2D eigenvalue weighted by molar-refractivity contribution is -0.130. The van der Waals surface area contributed by atoms with E-state index in [9.17, 15) is 4.79 Å². The first-order chi connectivity index (χ1) is 16.6. The van der Waals surface area contributed by atoms with Crippen LogP contribution in [0.2, 0.25) is 0 Å². The van der Waals surface area contributed by atoms with Crippen LogP contribution >= 0.6 is 23.1 Å². The largest absolute Gasteiger partial charge is 0.497 e. The summed E-state index contributed by atoms with van der Waals surface area (Å²) in [5, 5.41) is 17.6. The maximum Gasteiger partial charge on any atom is 0.253 e. The smallest absolute Gasteiger partial charge is 0.253 e. The van der Waals surface area contributed by atoms with Gasteiger partial charge in [0.2, 0.25) is 0 Å². The van der Waals surface area contributed by atoms with Crippen LogP contribution < -0.4 is 4.74 Å². The minimum atomic E-state index is -0.283. The average Bonchev–Trinajstić information content (AvgIpc) is 3.66. The van der Waals surface area contributed by atoms with Gasteiger partial charge in [0.15, 0.2) is 5.16 Å². The summed E-state index contributed by atoms with van der Waals surface area (Å²) in [5.41, 5.74) is 1.78. The number of methoxy groups -OCH3 is 1. The van der Waals surface area contributed by atoms with Crippen LogP contribution in [0, 0.1) is 0 Å². The summed E-state index contributed by atoms with van der Waals surface area (Å²) in [6, 6.07) is 15.2. The summed E-state index contributed by atoms with van der Waals surface area (Å²) in [6.07, 6.45) is 2.91. The number of aromatic nitrogens is 3. The Morgan fingerprint density at radius 1 is 1.21 bits per heavy atom. The molecule has 1 aromatic carbocycles. The zero-order valence-electron chi connectivity index (χ0n) is 18.7. The monoisotopic (exact) mass is 493 g/mol. The molecule has 0 saturated heterocycles. The molecule has 1 amide bonds. The van der Waals surface area contributed by atoms with E-state index in [2.05, 4.69) is 21.4 Å². The third-order valence-electron chi connectivity index (χ3n) is 5.62. The first-order valence-corrected chi connectivity index (χ1v) is 12.6. The number of hydrogen-bond donors (Lipinski definition) is 0. The molecule has 0 radical (unpaired) electrons. The van der Waals surface area contributed by atoms with Crippen LogP contribution in [0.3, 0.4) is 0 Å². The van der Waals surface area contributed by atoms with Gasteiger partial charge in [-0.15, -0.1) is 21.5 Å². The first-order valence-electron chi connectivity index (χ1n) is 10.7. The molecule has 1 aliphatic rings. The molecule has 0 N–H and O–H groups in total. The molecule has 1 unspecified atom stereocenters. The SMILES string of the molecule is COc1ccc(C2=NN(C(=O)CSc3nnc(Cc4cccs4)n3C)C(c3ccco3)C2)cc1. The number of hydrazone groups is 1. The highest BCUT2D eigenvalue weighted by molar-refractivity contribution is 7.99. The number of thioether (sulfide) groups is 1. The highest BCUT2D eigenvalue weighted by Crippen LogP contribution is 2.34. The van der Waals surface area contributed by atoms with E-state index in [1.165, 1.54) is 21.6 Å². The zero-order valence-corrected chi connectivity index (χ0v) is 20.4. The molecule has 3 aromatic heterocycles. The molecule has 8 nitrogen and oxygen atoms in total. The van der Waals surface area contributed by atoms with E-state index in [1.54, 1.807) is 24.7 Å². The number of benzene rings is 1. The minimum absolute atomic E-state index is 0.113. The third kappa shape index (κ3) is 4.64.